The van der Waals surface area contributed by atoms with Crippen LogP contribution in [0.15, 0.2) is 30.3 Å². The number of likely N-dealkylation sites (tertiary alicyclic amines) is 2. The number of amides is 2. The van der Waals surface area contributed by atoms with Crippen LogP contribution in [-0.2, 0) is 9.59 Å². The third-order valence-electron chi connectivity index (χ3n) is 8.72. The first-order chi connectivity index (χ1) is 18.8. The van der Waals surface area contributed by atoms with Crippen LogP contribution in [-0.4, -0.2) is 53.3 Å². The Balaban J connectivity index is 1.55. The molecule has 5 nitrogen and oxygen atoms in total. The van der Waals surface area contributed by atoms with Crippen molar-refractivity contribution in [1.29, 1.82) is 0 Å². The third-order valence-corrected chi connectivity index (χ3v) is 8.72. The van der Waals surface area contributed by atoms with E-state index in [4.69, 9.17) is 0 Å². The number of hydrogen-bond acceptors (Lipinski definition) is 3. The van der Waals surface area contributed by atoms with Gasteiger partial charge in [0.25, 0.3) is 0 Å². The first-order valence-electron chi connectivity index (χ1n) is 14.4. The molecule has 2 aromatic rings. The van der Waals surface area contributed by atoms with E-state index in [-0.39, 0.29) is 41.0 Å². The minimum atomic E-state index is -0.629. The average Bonchev–Trinajstić information content (AvgIpc) is 3.34. The maximum absolute atomic E-state index is 14.9. The fourth-order valence-electron chi connectivity index (χ4n) is 6.38. The molecular formula is C32H42F3N3O2. The molecule has 2 saturated heterocycles. The standard InChI is InChI=1S/C32H42F3N3O2/c1-7-30(36-20(3)39)25-16-28(34)19(2)14-24(25)21-10-12-37(13-11-21)31(40)27-18-38(32(4,5)6)17-26(27)23-9-8-22(33)15-29(23)35/h8-9,14-16,21,26-27,30H,7,10-13,17-18H2,1-6H3,(H,36,39)/t26-,27?,30-/m0/s1. The first kappa shape index (κ1) is 30.1. The summed E-state index contributed by atoms with van der Waals surface area (Å²) in [6.45, 7) is 13.5. The molecule has 3 atom stereocenters. The molecule has 2 aromatic carbocycles. The second-order valence-electron chi connectivity index (χ2n) is 12.4. The molecular weight excluding hydrogens is 515 g/mol. The molecule has 2 amide bonds. The third kappa shape index (κ3) is 6.37. The summed E-state index contributed by atoms with van der Waals surface area (Å²) in [6.07, 6.45) is 2.07. The lowest BCUT2D eigenvalue weighted by atomic mass is 9.82. The van der Waals surface area contributed by atoms with E-state index in [9.17, 15) is 22.8 Å². The van der Waals surface area contributed by atoms with Crippen LogP contribution < -0.4 is 5.32 Å². The highest BCUT2D eigenvalue weighted by Crippen LogP contribution is 2.40. The van der Waals surface area contributed by atoms with Crippen LogP contribution in [0.25, 0.3) is 0 Å². The second-order valence-corrected chi connectivity index (χ2v) is 12.4. The van der Waals surface area contributed by atoms with E-state index in [0.717, 1.165) is 17.2 Å². The average molecular weight is 558 g/mol. The van der Waals surface area contributed by atoms with E-state index in [1.165, 1.54) is 19.1 Å². The lowest BCUT2D eigenvalue weighted by Crippen LogP contribution is -2.44. The summed E-state index contributed by atoms with van der Waals surface area (Å²) >= 11 is 0. The zero-order valence-corrected chi connectivity index (χ0v) is 24.5. The van der Waals surface area contributed by atoms with Crippen molar-refractivity contribution in [1.82, 2.24) is 15.1 Å². The van der Waals surface area contributed by atoms with E-state index in [1.54, 1.807) is 13.0 Å². The Kier molecular flexibility index (Phi) is 8.98. The number of piperidine rings is 1. The van der Waals surface area contributed by atoms with Crippen molar-refractivity contribution in [2.75, 3.05) is 26.2 Å². The van der Waals surface area contributed by atoms with Gasteiger partial charge in [-0.1, -0.05) is 19.1 Å². The predicted octanol–water partition coefficient (Wildman–Crippen LogP) is 6.22. The lowest BCUT2D eigenvalue weighted by molar-refractivity contribution is -0.136. The number of hydrogen-bond donors (Lipinski definition) is 1. The number of benzene rings is 2. The zero-order valence-electron chi connectivity index (χ0n) is 24.5. The number of nitrogens with one attached hydrogen (secondary N) is 1. The van der Waals surface area contributed by atoms with Crippen LogP contribution >= 0.6 is 0 Å². The molecule has 2 fully saturated rings. The second kappa shape index (κ2) is 11.9. The highest BCUT2D eigenvalue weighted by atomic mass is 19.1. The monoisotopic (exact) mass is 557 g/mol. The maximum atomic E-state index is 14.9. The number of halogens is 3. The Hall–Kier alpha value is -2.87. The molecule has 0 saturated carbocycles. The molecule has 218 valence electrons. The number of nitrogens with zero attached hydrogens (tertiary/aromatic N) is 2. The van der Waals surface area contributed by atoms with Crippen molar-refractivity contribution >= 4 is 11.8 Å². The quantitative estimate of drug-likeness (QED) is 0.459. The van der Waals surface area contributed by atoms with Gasteiger partial charge in [0.2, 0.25) is 11.8 Å². The smallest absolute Gasteiger partial charge is 0.227 e. The highest BCUT2D eigenvalue weighted by molar-refractivity contribution is 5.81. The Labute approximate surface area is 236 Å². The number of aryl methyl sites for hydroxylation is 1. The molecule has 0 spiro atoms. The van der Waals surface area contributed by atoms with E-state index in [1.807, 2.05) is 17.9 Å². The molecule has 1 N–H and O–H groups in total. The molecule has 0 bridgehead atoms. The lowest BCUT2D eigenvalue weighted by Gasteiger charge is -2.36. The number of carbonyl (C=O) groups excluding carboxylic acids is 2. The largest absolute Gasteiger partial charge is 0.350 e. The van der Waals surface area contributed by atoms with Gasteiger partial charge in [-0.3, -0.25) is 14.5 Å². The van der Waals surface area contributed by atoms with Gasteiger partial charge in [0.15, 0.2) is 0 Å². The molecule has 2 aliphatic rings. The molecule has 0 radical (unpaired) electrons. The summed E-state index contributed by atoms with van der Waals surface area (Å²) in [5.41, 5.74) is 2.58. The Morgan fingerprint density at radius 1 is 1.00 bits per heavy atom. The molecule has 8 heteroatoms. The van der Waals surface area contributed by atoms with Gasteiger partial charge in [-0.15, -0.1) is 0 Å². The van der Waals surface area contributed by atoms with Crippen LogP contribution in [0.4, 0.5) is 13.2 Å². The van der Waals surface area contributed by atoms with Crippen LogP contribution in [0.1, 0.15) is 94.0 Å². The number of carbonyl (C=O) groups is 2. The van der Waals surface area contributed by atoms with E-state index in [2.05, 4.69) is 31.0 Å². The number of rotatable bonds is 6. The summed E-state index contributed by atoms with van der Waals surface area (Å²) < 4.78 is 43.2. The Bertz CT molecular complexity index is 1250. The predicted molar refractivity (Wildman–Crippen MR) is 150 cm³/mol. The highest BCUT2D eigenvalue weighted by Gasteiger charge is 2.45. The maximum Gasteiger partial charge on any atom is 0.227 e. The van der Waals surface area contributed by atoms with Gasteiger partial charge in [-0.05, 0) is 87.3 Å². The molecule has 40 heavy (non-hydrogen) atoms. The van der Waals surface area contributed by atoms with Crippen LogP contribution in [0, 0.1) is 30.3 Å². The summed E-state index contributed by atoms with van der Waals surface area (Å²) in [4.78, 5) is 29.8. The van der Waals surface area contributed by atoms with E-state index < -0.39 is 17.6 Å². The zero-order chi connectivity index (χ0) is 29.4. The van der Waals surface area contributed by atoms with Gasteiger partial charge in [-0.2, -0.15) is 0 Å². The van der Waals surface area contributed by atoms with Crippen molar-refractivity contribution in [2.24, 2.45) is 5.92 Å². The Morgan fingerprint density at radius 3 is 2.25 bits per heavy atom. The first-order valence-corrected chi connectivity index (χ1v) is 14.4. The van der Waals surface area contributed by atoms with E-state index in [0.29, 0.717) is 56.6 Å². The van der Waals surface area contributed by atoms with Gasteiger partial charge in [0.05, 0.1) is 12.0 Å². The Morgan fingerprint density at radius 2 is 1.68 bits per heavy atom. The van der Waals surface area contributed by atoms with Gasteiger partial charge < -0.3 is 10.2 Å². The minimum absolute atomic E-state index is 0.000818. The SMILES string of the molecule is CC[C@H](NC(C)=O)c1cc(F)c(C)cc1C1CCN(C(=O)C2CN(C(C)(C)C)C[C@H]2c2ccc(F)cc2F)CC1. The molecule has 2 heterocycles. The van der Waals surface area contributed by atoms with Crippen molar-refractivity contribution < 1.29 is 22.8 Å². The normalized spacial score (nSPS) is 21.5. The fraction of sp³-hybridized carbons (Fsp3) is 0.562. The van der Waals surface area contributed by atoms with Crippen LogP contribution in [0.2, 0.25) is 0 Å². The minimum Gasteiger partial charge on any atom is -0.350 e. The molecule has 2 aliphatic heterocycles. The topological polar surface area (TPSA) is 52.7 Å². The van der Waals surface area contributed by atoms with Gasteiger partial charge >= 0.3 is 0 Å². The molecule has 0 aliphatic carbocycles. The van der Waals surface area contributed by atoms with Crippen molar-refractivity contribution in [3.63, 3.8) is 0 Å². The van der Waals surface area contributed by atoms with Gasteiger partial charge in [0, 0.05) is 50.6 Å². The molecule has 4 rings (SSSR count). The molecule has 1 unspecified atom stereocenters. The van der Waals surface area contributed by atoms with Crippen LogP contribution in [0.3, 0.4) is 0 Å². The summed E-state index contributed by atoms with van der Waals surface area (Å²) in [6, 6.07) is 6.80. The van der Waals surface area contributed by atoms with E-state index >= 15 is 0 Å². The van der Waals surface area contributed by atoms with Gasteiger partial charge in [-0.25, -0.2) is 13.2 Å². The fourth-order valence-corrected chi connectivity index (χ4v) is 6.38. The van der Waals surface area contributed by atoms with Gasteiger partial charge in [0.1, 0.15) is 17.5 Å². The molecule has 0 aromatic heterocycles. The summed E-state index contributed by atoms with van der Waals surface area (Å²) in [7, 11) is 0. The summed E-state index contributed by atoms with van der Waals surface area (Å²) in [5, 5.41) is 2.95. The summed E-state index contributed by atoms with van der Waals surface area (Å²) in [5.74, 6) is -2.36. The van der Waals surface area contributed by atoms with Crippen LogP contribution in [0.5, 0.6) is 0 Å². The van der Waals surface area contributed by atoms with Crippen molar-refractivity contribution in [3.05, 3.63) is 70.0 Å². The van der Waals surface area contributed by atoms with Crippen molar-refractivity contribution in [3.8, 4) is 0 Å². The van der Waals surface area contributed by atoms with Crippen molar-refractivity contribution in [2.45, 2.75) is 84.2 Å².